The lowest BCUT2D eigenvalue weighted by Crippen LogP contribution is -2.33. The van der Waals surface area contributed by atoms with Crippen molar-refractivity contribution in [1.82, 2.24) is 4.98 Å². The highest BCUT2D eigenvalue weighted by atomic mass is 32.1. The molecule has 0 spiro atoms. The van der Waals surface area contributed by atoms with Crippen LogP contribution in [0.1, 0.15) is 35.8 Å². The first kappa shape index (κ1) is 15.6. The molecule has 2 aromatic rings. The van der Waals surface area contributed by atoms with Gasteiger partial charge in [0.25, 0.3) is 5.91 Å². The molecule has 5 nitrogen and oxygen atoms in total. The van der Waals surface area contributed by atoms with Gasteiger partial charge >= 0.3 is 0 Å². The third kappa shape index (κ3) is 3.39. The Hall–Kier alpha value is -2.28. The predicted molar refractivity (Wildman–Crippen MR) is 87.4 cm³/mol. The van der Waals surface area contributed by atoms with E-state index in [-0.39, 0.29) is 17.5 Å². The number of thiazole rings is 1. The smallest absolute Gasteiger partial charge is 0.263 e. The van der Waals surface area contributed by atoms with Crippen molar-refractivity contribution in [2.24, 2.45) is 0 Å². The van der Waals surface area contributed by atoms with Gasteiger partial charge in [-0.05, 0) is 38.0 Å². The van der Waals surface area contributed by atoms with Gasteiger partial charge in [0, 0.05) is 24.0 Å². The van der Waals surface area contributed by atoms with Gasteiger partial charge in [-0.2, -0.15) is 0 Å². The second-order valence-corrected chi connectivity index (χ2v) is 6.39. The maximum absolute atomic E-state index is 14.1. The van der Waals surface area contributed by atoms with Gasteiger partial charge in [-0.15, -0.1) is 11.3 Å². The van der Waals surface area contributed by atoms with Crippen molar-refractivity contribution >= 4 is 34.0 Å². The van der Waals surface area contributed by atoms with Crippen LogP contribution in [0.5, 0.6) is 0 Å². The Kier molecular flexibility index (Phi) is 4.12. The summed E-state index contributed by atoms with van der Waals surface area (Å²) >= 11 is 1.37. The molecule has 2 amide bonds. The summed E-state index contributed by atoms with van der Waals surface area (Å²) in [5.74, 6) is -1.31. The summed E-state index contributed by atoms with van der Waals surface area (Å²) in [5, 5.41) is 5.01. The normalized spacial score (nSPS) is 13.7. The van der Waals surface area contributed by atoms with Crippen molar-refractivity contribution in [3.8, 4) is 0 Å². The van der Waals surface area contributed by atoms with E-state index >= 15 is 0 Å². The Morgan fingerprint density at radius 1 is 1.39 bits per heavy atom. The van der Waals surface area contributed by atoms with Gasteiger partial charge in [0.05, 0.1) is 11.3 Å². The first-order valence-electron chi connectivity index (χ1n) is 7.28. The fraction of sp³-hybridized carbons (Fsp3) is 0.312. The Bertz CT molecular complexity index is 770. The molecule has 23 heavy (non-hydrogen) atoms. The molecule has 3 rings (SSSR count). The fourth-order valence-electron chi connectivity index (χ4n) is 2.29. The number of halogens is 1. The van der Waals surface area contributed by atoms with Crippen LogP contribution in [0.25, 0.3) is 0 Å². The lowest BCUT2D eigenvalue weighted by Gasteiger charge is -2.20. The summed E-state index contributed by atoms with van der Waals surface area (Å²) in [6, 6.07) is 4.06. The molecule has 0 aliphatic heterocycles. The average Bonchev–Trinajstić information content (AvgIpc) is 3.22. The van der Waals surface area contributed by atoms with Crippen LogP contribution in [-0.2, 0) is 4.79 Å². The van der Waals surface area contributed by atoms with E-state index in [1.54, 1.807) is 4.90 Å². The van der Waals surface area contributed by atoms with E-state index in [0.717, 1.165) is 18.5 Å². The Morgan fingerprint density at radius 3 is 2.70 bits per heavy atom. The van der Waals surface area contributed by atoms with Crippen molar-refractivity contribution in [3.63, 3.8) is 0 Å². The Balaban J connectivity index is 1.95. The minimum absolute atomic E-state index is 0.0593. The molecule has 1 aromatic heterocycles. The number of nitrogens with one attached hydrogen (secondary N) is 1. The first-order chi connectivity index (χ1) is 11.0. The lowest BCUT2D eigenvalue weighted by atomic mass is 10.1. The number of aromatic nitrogens is 1. The fourth-order valence-corrected chi connectivity index (χ4v) is 3.16. The third-order valence-corrected chi connectivity index (χ3v) is 4.42. The number of amides is 2. The van der Waals surface area contributed by atoms with Gasteiger partial charge in [0.15, 0.2) is 5.13 Å². The Labute approximate surface area is 137 Å². The molecule has 1 aromatic carbocycles. The van der Waals surface area contributed by atoms with Crippen LogP contribution in [0.4, 0.5) is 15.2 Å². The molecule has 1 fully saturated rings. The SMILES string of the molecule is CC(=O)Nc1ccc(F)c(C(=O)N(c2nc(C)cs2)C2CC2)c1. The zero-order valence-electron chi connectivity index (χ0n) is 12.8. The zero-order valence-corrected chi connectivity index (χ0v) is 13.6. The number of hydrogen-bond acceptors (Lipinski definition) is 4. The molecule has 0 unspecified atom stereocenters. The van der Waals surface area contributed by atoms with E-state index in [1.807, 2.05) is 12.3 Å². The van der Waals surface area contributed by atoms with Crippen LogP contribution in [0.3, 0.4) is 0 Å². The number of aryl methyl sites for hydroxylation is 1. The van der Waals surface area contributed by atoms with Gasteiger partial charge in [0.2, 0.25) is 5.91 Å². The van der Waals surface area contributed by atoms with E-state index < -0.39 is 11.7 Å². The van der Waals surface area contributed by atoms with E-state index in [9.17, 15) is 14.0 Å². The molecule has 0 saturated heterocycles. The highest BCUT2D eigenvalue weighted by Crippen LogP contribution is 2.35. The van der Waals surface area contributed by atoms with Gasteiger partial charge in [0.1, 0.15) is 5.82 Å². The number of benzene rings is 1. The maximum atomic E-state index is 14.1. The van der Waals surface area contributed by atoms with Crippen LogP contribution in [0.2, 0.25) is 0 Å². The minimum atomic E-state index is -0.608. The van der Waals surface area contributed by atoms with Crippen molar-refractivity contribution in [2.45, 2.75) is 32.7 Å². The topological polar surface area (TPSA) is 62.3 Å². The second kappa shape index (κ2) is 6.08. The number of rotatable bonds is 4. The summed E-state index contributed by atoms with van der Waals surface area (Å²) in [6.07, 6.45) is 1.77. The van der Waals surface area contributed by atoms with Crippen LogP contribution >= 0.6 is 11.3 Å². The van der Waals surface area contributed by atoms with Crippen molar-refractivity contribution < 1.29 is 14.0 Å². The van der Waals surface area contributed by atoms with Gasteiger partial charge < -0.3 is 5.32 Å². The largest absolute Gasteiger partial charge is 0.326 e. The average molecular weight is 333 g/mol. The van der Waals surface area contributed by atoms with Crippen molar-refractivity contribution in [3.05, 3.63) is 40.7 Å². The number of carbonyl (C=O) groups excluding carboxylic acids is 2. The summed E-state index contributed by atoms with van der Waals surface area (Å²) in [5.41, 5.74) is 1.17. The van der Waals surface area contributed by atoms with E-state index in [1.165, 1.54) is 36.5 Å². The van der Waals surface area contributed by atoms with Crippen LogP contribution in [-0.4, -0.2) is 22.8 Å². The molecular formula is C16H16FN3O2S. The molecular weight excluding hydrogens is 317 g/mol. The maximum Gasteiger partial charge on any atom is 0.263 e. The number of carbonyl (C=O) groups is 2. The highest BCUT2D eigenvalue weighted by Gasteiger charge is 2.36. The van der Waals surface area contributed by atoms with Crippen molar-refractivity contribution in [2.75, 3.05) is 10.2 Å². The number of hydrogen-bond donors (Lipinski definition) is 1. The molecule has 7 heteroatoms. The minimum Gasteiger partial charge on any atom is -0.326 e. The van der Waals surface area contributed by atoms with Gasteiger partial charge in [-0.3, -0.25) is 14.5 Å². The molecule has 1 N–H and O–H groups in total. The van der Waals surface area contributed by atoms with Crippen LogP contribution in [0.15, 0.2) is 23.6 Å². The number of anilines is 2. The van der Waals surface area contributed by atoms with E-state index in [2.05, 4.69) is 10.3 Å². The van der Waals surface area contributed by atoms with E-state index in [4.69, 9.17) is 0 Å². The number of nitrogens with zero attached hydrogens (tertiary/aromatic N) is 2. The van der Waals surface area contributed by atoms with E-state index in [0.29, 0.717) is 10.8 Å². The second-order valence-electron chi connectivity index (χ2n) is 5.55. The predicted octanol–water partition coefficient (Wildman–Crippen LogP) is 3.36. The summed E-state index contributed by atoms with van der Waals surface area (Å²) in [6.45, 7) is 3.22. The Morgan fingerprint density at radius 2 is 2.13 bits per heavy atom. The monoisotopic (exact) mass is 333 g/mol. The molecule has 1 aliphatic carbocycles. The lowest BCUT2D eigenvalue weighted by molar-refractivity contribution is -0.114. The van der Waals surface area contributed by atoms with Gasteiger partial charge in [-0.1, -0.05) is 0 Å². The molecule has 0 radical (unpaired) electrons. The molecule has 1 saturated carbocycles. The standard InChI is InChI=1S/C16H16FN3O2S/c1-9-8-23-16(18-9)20(12-4-5-12)15(22)13-7-11(19-10(2)21)3-6-14(13)17/h3,6-8,12H,4-5H2,1-2H3,(H,19,21). The molecule has 120 valence electrons. The third-order valence-electron chi connectivity index (χ3n) is 3.46. The molecule has 1 heterocycles. The first-order valence-corrected chi connectivity index (χ1v) is 8.16. The summed E-state index contributed by atoms with van der Waals surface area (Å²) in [7, 11) is 0. The molecule has 0 bridgehead atoms. The van der Waals surface area contributed by atoms with Crippen LogP contribution in [0, 0.1) is 12.7 Å². The summed E-state index contributed by atoms with van der Waals surface area (Å²) < 4.78 is 14.1. The molecule has 0 atom stereocenters. The highest BCUT2D eigenvalue weighted by molar-refractivity contribution is 7.14. The molecule has 1 aliphatic rings. The zero-order chi connectivity index (χ0) is 16.6. The van der Waals surface area contributed by atoms with Crippen molar-refractivity contribution in [1.29, 1.82) is 0 Å². The van der Waals surface area contributed by atoms with Crippen LogP contribution < -0.4 is 10.2 Å². The quantitative estimate of drug-likeness (QED) is 0.933. The summed E-state index contributed by atoms with van der Waals surface area (Å²) in [4.78, 5) is 29.9. The van der Waals surface area contributed by atoms with Gasteiger partial charge in [-0.25, -0.2) is 9.37 Å².